The Hall–Kier alpha value is -2.03. The molecule has 1 aromatic heterocycles. The lowest BCUT2D eigenvalue weighted by atomic mass is 10.0. The van der Waals surface area contributed by atoms with Crippen LogP contribution in [-0.2, 0) is 14.1 Å². The molecule has 1 saturated heterocycles. The maximum atomic E-state index is 12.1. The third kappa shape index (κ3) is 2.36. The fraction of sp³-hybridized carbons (Fsp3) is 0.643. The van der Waals surface area contributed by atoms with Crippen LogP contribution in [0.15, 0.2) is 9.59 Å². The monoisotopic (exact) mass is 276 g/mol. The van der Waals surface area contributed by atoms with Crippen LogP contribution >= 0.6 is 0 Å². The van der Waals surface area contributed by atoms with Crippen LogP contribution in [0.3, 0.4) is 0 Å². The fourth-order valence-electron chi connectivity index (χ4n) is 2.78. The van der Waals surface area contributed by atoms with E-state index < -0.39 is 5.56 Å². The fourth-order valence-corrected chi connectivity index (χ4v) is 2.78. The zero-order chi connectivity index (χ0) is 14.9. The summed E-state index contributed by atoms with van der Waals surface area (Å²) in [5.41, 5.74) is -0.839. The summed E-state index contributed by atoms with van der Waals surface area (Å²) in [6, 6.07) is 1.97. The lowest BCUT2D eigenvalue weighted by Gasteiger charge is -2.25. The van der Waals surface area contributed by atoms with E-state index in [1.54, 1.807) is 7.05 Å². The largest absolute Gasteiger partial charge is 0.357 e. The van der Waals surface area contributed by atoms with Gasteiger partial charge in [-0.2, -0.15) is 5.26 Å². The molecule has 1 unspecified atom stereocenters. The van der Waals surface area contributed by atoms with E-state index in [0.717, 1.165) is 36.9 Å². The smallest absolute Gasteiger partial charge is 0.332 e. The predicted molar refractivity (Wildman–Crippen MR) is 76.9 cm³/mol. The average Bonchev–Trinajstić information content (AvgIpc) is 2.65. The zero-order valence-electron chi connectivity index (χ0n) is 12.2. The van der Waals surface area contributed by atoms with E-state index in [0.29, 0.717) is 11.7 Å². The number of aromatic nitrogens is 2. The van der Waals surface area contributed by atoms with E-state index >= 15 is 0 Å². The van der Waals surface area contributed by atoms with Crippen molar-refractivity contribution in [1.29, 1.82) is 5.26 Å². The van der Waals surface area contributed by atoms with Crippen LogP contribution in [0.5, 0.6) is 0 Å². The Balaban J connectivity index is 2.59. The molecule has 0 aromatic carbocycles. The molecule has 0 saturated carbocycles. The number of hydrogen-bond donors (Lipinski definition) is 0. The Morgan fingerprint density at radius 3 is 2.50 bits per heavy atom. The van der Waals surface area contributed by atoms with Gasteiger partial charge in [0.1, 0.15) is 11.9 Å². The summed E-state index contributed by atoms with van der Waals surface area (Å²) >= 11 is 0. The molecule has 6 heteroatoms. The van der Waals surface area contributed by atoms with Gasteiger partial charge in [-0.15, -0.1) is 0 Å². The van der Waals surface area contributed by atoms with Gasteiger partial charge in [0.05, 0.1) is 0 Å². The van der Waals surface area contributed by atoms with Gasteiger partial charge in [-0.1, -0.05) is 6.92 Å². The molecule has 1 atom stereocenters. The molecule has 0 spiro atoms. The van der Waals surface area contributed by atoms with Gasteiger partial charge in [-0.3, -0.25) is 13.9 Å². The van der Waals surface area contributed by atoms with Crippen LogP contribution in [0, 0.1) is 17.2 Å². The molecular weight excluding hydrogens is 256 g/mol. The van der Waals surface area contributed by atoms with Crippen molar-refractivity contribution < 1.29 is 0 Å². The highest BCUT2D eigenvalue weighted by molar-refractivity contribution is 5.53. The van der Waals surface area contributed by atoms with E-state index in [-0.39, 0.29) is 11.3 Å². The highest BCUT2D eigenvalue weighted by Crippen LogP contribution is 2.22. The quantitative estimate of drug-likeness (QED) is 0.752. The molecule has 1 aliphatic rings. The second-order valence-corrected chi connectivity index (χ2v) is 5.54. The highest BCUT2D eigenvalue weighted by atomic mass is 16.2. The summed E-state index contributed by atoms with van der Waals surface area (Å²) in [5.74, 6) is 1.10. The standard InChI is InChI=1S/C14H20N4O2/c1-10-5-4-7-18(8-6-10)12-11(9-15)13(19)17(3)14(20)16(12)2/h10H,4-8H2,1-3H3. The lowest BCUT2D eigenvalue weighted by Crippen LogP contribution is -2.43. The number of rotatable bonds is 1. The summed E-state index contributed by atoms with van der Waals surface area (Å²) in [7, 11) is 3.02. The summed E-state index contributed by atoms with van der Waals surface area (Å²) in [6.07, 6.45) is 3.15. The Labute approximate surface area is 117 Å². The van der Waals surface area contributed by atoms with E-state index in [1.807, 2.05) is 11.0 Å². The third-order valence-electron chi connectivity index (χ3n) is 4.06. The Kier molecular flexibility index (Phi) is 3.98. The molecule has 6 nitrogen and oxygen atoms in total. The van der Waals surface area contributed by atoms with Crippen LogP contribution in [0.25, 0.3) is 0 Å². The average molecular weight is 276 g/mol. The molecule has 1 aliphatic heterocycles. The minimum Gasteiger partial charge on any atom is -0.357 e. The van der Waals surface area contributed by atoms with E-state index in [2.05, 4.69) is 6.92 Å². The number of anilines is 1. The van der Waals surface area contributed by atoms with Crippen LogP contribution in [0.1, 0.15) is 31.7 Å². The molecule has 0 radical (unpaired) electrons. The Morgan fingerprint density at radius 1 is 1.15 bits per heavy atom. The minimum atomic E-state index is -0.511. The minimum absolute atomic E-state index is 0.0594. The van der Waals surface area contributed by atoms with Crippen molar-refractivity contribution in [2.75, 3.05) is 18.0 Å². The molecule has 0 aliphatic carbocycles. The van der Waals surface area contributed by atoms with Crippen LogP contribution < -0.4 is 16.1 Å². The van der Waals surface area contributed by atoms with Crippen molar-refractivity contribution in [2.24, 2.45) is 20.0 Å². The molecule has 0 bridgehead atoms. The lowest BCUT2D eigenvalue weighted by molar-refractivity contribution is 0.520. The molecule has 20 heavy (non-hydrogen) atoms. The number of nitrogens with zero attached hydrogens (tertiary/aromatic N) is 4. The van der Waals surface area contributed by atoms with Gasteiger partial charge in [-0.05, 0) is 25.2 Å². The van der Waals surface area contributed by atoms with Crippen molar-refractivity contribution in [3.63, 3.8) is 0 Å². The molecule has 0 amide bonds. The second-order valence-electron chi connectivity index (χ2n) is 5.54. The summed E-state index contributed by atoms with van der Waals surface area (Å²) in [4.78, 5) is 26.2. The maximum absolute atomic E-state index is 12.1. The van der Waals surface area contributed by atoms with Crippen LogP contribution in [0.2, 0.25) is 0 Å². The van der Waals surface area contributed by atoms with Crippen molar-refractivity contribution in [3.05, 3.63) is 26.4 Å². The normalized spacial score (nSPS) is 19.5. The van der Waals surface area contributed by atoms with Gasteiger partial charge in [0.15, 0.2) is 5.56 Å². The predicted octanol–water partition coefficient (Wildman–Crippen LogP) is 0.582. The first-order chi connectivity index (χ1) is 9.47. The van der Waals surface area contributed by atoms with E-state index in [1.165, 1.54) is 11.6 Å². The zero-order valence-corrected chi connectivity index (χ0v) is 12.2. The Bertz CT molecular complexity index is 665. The molecular formula is C14H20N4O2. The molecule has 2 rings (SSSR count). The van der Waals surface area contributed by atoms with Gasteiger partial charge in [0.25, 0.3) is 5.56 Å². The molecule has 0 N–H and O–H groups in total. The molecule has 2 heterocycles. The maximum Gasteiger partial charge on any atom is 0.332 e. The second kappa shape index (κ2) is 5.53. The summed E-state index contributed by atoms with van der Waals surface area (Å²) in [5, 5.41) is 9.29. The topological polar surface area (TPSA) is 71.0 Å². The van der Waals surface area contributed by atoms with Gasteiger partial charge >= 0.3 is 5.69 Å². The molecule has 1 aromatic rings. The van der Waals surface area contributed by atoms with Crippen molar-refractivity contribution in [3.8, 4) is 6.07 Å². The van der Waals surface area contributed by atoms with Crippen LogP contribution in [0.4, 0.5) is 5.82 Å². The van der Waals surface area contributed by atoms with Crippen molar-refractivity contribution in [2.45, 2.75) is 26.2 Å². The SMILES string of the molecule is CC1CCCN(c2c(C#N)c(=O)n(C)c(=O)n2C)CC1. The first-order valence-corrected chi connectivity index (χ1v) is 6.92. The van der Waals surface area contributed by atoms with Crippen LogP contribution in [-0.4, -0.2) is 22.2 Å². The number of nitriles is 1. The number of hydrogen-bond acceptors (Lipinski definition) is 4. The van der Waals surface area contributed by atoms with E-state index in [9.17, 15) is 14.9 Å². The van der Waals surface area contributed by atoms with E-state index in [4.69, 9.17) is 0 Å². The summed E-state index contributed by atoms with van der Waals surface area (Å²) in [6.45, 7) is 3.76. The molecule has 1 fully saturated rings. The van der Waals surface area contributed by atoms with Crippen molar-refractivity contribution >= 4 is 5.82 Å². The van der Waals surface area contributed by atoms with Gasteiger partial charge in [-0.25, -0.2) is 4.79 Å². The Morgan fingerprint density at radius 2 is 1.85 bits per heavy atom. The third-order valence-corrected chi connectivity index (χ3v) is 4.06. The van der Waals surface area contributed by atoms with Crippen molar-refractivity contribution in [1.82, 2.24) is 9.13 Å². The first-order valence-electron chi connectivity index (χ1n) is 6.92. The first kappa shape index (κ1) is 14.4. The van der Waals surface area contributed by atoms with Gasteiger partial charge in [0, 0.05) is 27.2 Å². The summed E-state index contributed by atoms with van der Waals surface area (Å²) < 4.78 is 2.40. The highest BCUT2D eigenvalue weighted by Gasteiger charge is 2.22. The molecule has 108 valence electrons. The van der Waals surface area contributed by atoms with Gasteiger partial charge in [0.2, 0.25) is 0 Å². The van der Waals surface area contributed by atoms with Gasteiger partial charge < -0.3 is 4.90 Å².